The first-order valence-corrected chi connectivity index (χ1v) is 13.6. The number of rotatable bonds is 14. The Kier molecular flexibility index (Phi) is 11.0. The Morgan fingerprint density at radius 1 is 0.805 bits per heavy atom. The minimum absolute atomic E-state index is 0.00153. The molecule has 0 saturated heterocycles. The summed E-state index contributed by atoms with van der Waals surface area (Å²) in [6.07, 6.45) is 0.959. The zero-order valence-electron chi connectivity index (χ0n) is 23.5. The number of nitrogens with one attached hydrogen (secondary N) is 4. The van der Waals surface area contributed by atoms with E-state index in [1.807, 2.05) is 44.2 Å². The second kappa shape index (κ2) is 14.4. The number of carbonyl (C=O) groups excluding carboxylic acids is 3. The van der Waals surface area contributed by atoms with Crippen LogP contribution in [0.5, 0.6) is 0 Å². The van der Waals surface area contributed by atoms with Gasteiger partial charge >= 0.3 is 5.97 Å². The highest BCUT2D eigenvalue weighted by molar-refractivity contribution is 5.95. The first kappa shape index (κ1) is 31.3. The van der Waals surface area contributed by atoms with Crippen LogP contribution in [-0.4, -0.2) is 69.2 Å². The molecule has 11 nitrogen and oxygen atoms in total. The Labute approximate surface area is 238 Å². The third-order valence-corrected chi connectivity index (χ3v) is 6.79. The van der Waals surface area contributed by atoms with Gasteiger partial charge in [0.1, 0.15) is 24.2 Å². The van der Waals surface area contributed by atoms with Crippen molar-refractivity contribution in [1.82, 2.24) is 20.9 Å². The van der Waals surface area contributed by atoms with Crippen LogP contribution in [0.1, 0.15) is 38.3 Å². The number of aliphatic carboxylic acids is 1. The van der Waals surface area contributed by atoms with Gasteiger partial charge in [-0.3, -0.25) is 14.4 Å². The van der Waals surface area contributed by atoms with Gasteiger partial charge in [0.25, 0.3) is 0 Å². The summed E-state index contributed by atoms with van der Waals surface area (Å²) in [5, 5.41) is 28.2. The van der Waals surface area contributed by atoms with E-state index in [0.717, 1.165) is 22.0 Å². The van der Waals surface area contributed by atoms with Crippen molar-refractivity contribution in [1.29, 1.82) is 0 Å². The van der Waals surface area contributed by atoms with Gasteiger partial charge in [0.05, 0.1) is 6.10 Å². The number of carboxylic acids is 1. The summed E-state index contributed by atoms with van der Waals surface area (Å²) in [5.41, 5.74) is 8.14. The number of hydrogen-bond donors (Lipinski definition) is 7. The summed E-state index contributed by atoms with van der Waals surface area (Å²) in [6, 6.07) is 11.8. The molecule has 11 heteroatoms. The smallest absolute Gasteiger partial charge is 0.326 e. The van der Waals surface area contributed by atoms with E-state index in [4.69, 9.17) is 5.73 Å². The zero-order valence-corrected chi connectivity index (χ0v) is 23.5. The van der Waals surface area contributed by atoms with Crippen LogP contribution >= 0.6 is 0 Å². The number of benzene rings is 2. The van der Waals surface area contributed by atoms with Gasteiger partial charge in [0.2, 0.25) is 17.7 Å². The fourth-order valence-corrected chi connectivity index (χ4v) is 4.51. The number of hydrogen-bond acceptors (Lipinski definition) is 6. The van der Waals surface area contributed by atoms with E-state index in [-0.39, 0.29) is 25.2 Å². The molecule has 8 N–H and O–H groups in total. The summed E-state index contributed by atoms with van der Waals surface area (Å²) in [6.45, 7) is 5.07. The van der Waals surface area contributed by atoms with E-state index in [9.17, 15) is 29.4 Å². The third-order valence-electron chi connectivity index (χ3n) is 6.79. The highest BCUT2D eigenvalue weighted by atomic mass is 16.4. The Hall–Kier alpha value is -4.22. The van der Waals surface area contributed by atoms with Crippen molar-refractivity contribution in [2.24, 2.45) is 11.7 Å². The van der Waals surface area contributed by atoms with E-state index in [2.05, 4.69) is 20.9 Å². The number of aromatic amines is 1. The molecule has 2 aromatic carbocycles. The van der Waals surface area contributed by atoms with Crippen molar-refractivity contribution in [3.63, 3.8) is 0 Å². The van der Waals surface area contributed by atoms with Crippen LogP contribution in [0.25, 0.3) is 10.9 Å². The molecule has 3 amide bonds. The van der Waals surface area contributed by atoms with Gasteiger partial charge in [-0.25, -0.2) is 4.79 Å². The highest BCUT2D eigenvalue weighted by Gasteiger charge is 2.32. The molecule has 3 rings (SSSR count). The number of carboxylic acid groups (broad SMARTS) is 1. The minimum Gasteiger partial charge on any atom is -0.480 e. The molecule has 5 atom stereocenters. The van der Waals surface area contributed by atoms with Crippen LogP contribution in [0.15, 0.2) is 60.8 Å². The van der Waals surface area contributed by atoms with Crippen LogP contribution in [-0.2, 0) is 32.0 Å². The fourth-order valence-electron chi connectivity index (χ4n) is 4.51. The standard InChI is InChI=1S/C30H39N5O6/c1-17(2)13-25(30(40)41)35-28(38)24(15-20-16-32-22-12-8-7-11-21(20)22)33-27(37)23(14-19-9-5-4-6-10-19)34-29(39)26(31)18(3)36/h4-12,16-18,23-26,32,36H,13-15,31H2,1-3H3,(H,33,37)(H,34,39)(H,35,38)(H,40,41). The van der Waals surface area contributed by atoms with E-state index in [0.29, 0.717) is 0 Å². The molecule has 0 bridgehead atoms. The topological polar surface area (TPSA) is 187 Å². The van der Waals surface area contributed by atoms with Crippen molar-refractivity contribution in [3.05, 3.63) is 71.9 Å². The Morgan fingerprint density at radius 2 is 1.37 bits per heavy atom. The SMILES string of the molecule is CC(C)CC(NC(=O)C(Cc1c[nH]c2ccccc12)NC(=O)C(Cc1ccccc1)NC(=O)C(N)C(C)O)C(=O)O. The summed E-state index contributed by atoms with van der Waals surface area (Å²) in [4.78, 5) is 54.9. The van der Waals surface area contributed by atoms with Crippen molar-refractivity contribution in [3.8, 4) is 0 Å². The summed E-state index contributed by atoms with van der Waals surface area (Å²) < 4.78 is 0. The van der Waals surface area contributed by atoms with E-state index >= 15 is 0 Å². The molecule has 0 saturated carbocycles. The lowest BCUT2D eigenvalue weighted by molar-refractivity contribution is -0.142. The number of amides is 3. The van der Waals surface area contributed by atoms with Gasteiger partial charge in [-0.15, -0.1) is 0 Å². The van der Waals surface area contributed by atoms with Gasteiger partial charge in [-0.1, -0.05) is 62.4 Å². The zero-order chi connectivity index (χ0) is 30.1. The van der Waals surface area contributed by atoms with Crippen molar-refractivity contribution in [2.75, 3.05) is 0 Å². The molecule has 41 heavy (non-hydrogen) atoms. The predicted octanol–water partition coefficient (Wildman–Crippen LogP) is 1.25. The first-order chi connectivity index (χ1) is 19.5. The molecule has 3 aromatic rings. The molecule has 0 aliphatic heterocycles. The van der Waals surface area contributed by atoms with E-state index in [1.54, 1.807) is 30.5 Å². The second-order valence-electron chi connectivity index (χ2n) is 10.7. The lowest BCUT2D eigenvalue weighted by atomic mass is 10.00. The molecule has 220 valence electrons. The molecular formula is C30H39N5O6. The summed E-state index contributed by atoms with van der Waals surface area (Å²) in [5.74, 6) is -3.22. The van der Waals surface area contributed by atoms with Crippen LogP contribution in [0.3, 0.4) is 0 Å². The molecule has 0 aliphatic rings. The number of aliphatic hydroxyl groups excluding tert-OH is 1. The maximum Gasteiger partial charge on any atom is 0.326 e. The van der Waals surface area contributed by atoms with Gasteiger partial charge in [0.15, 0.2) is 0 Å². The molecule has 1 aromatic heterocycles. The van der Waals surface area contributed by atoms with Gasteiger partial charge in [0, 0.05) is 29.9 Å². The molecule has 0 fully saturated rings. The van der Waals surface area contributed by atoms with Crippen molar-refractivity contribution in [2.45, 2.75) is 70.3 Å². The average molecular weight is 566 g/mol. The number of aromatic nitrogens is 1. The van der Waals surface area contributed by atoms with Crippen molar-refractivity contribution >= 4 is 34.6 Å². The average Bonchev–Trinajstić information content (AvgIpc) is 3.34. The molecule has 0 aliphatic carbocycles. The number of nitrogens with two attached hydrogens (primary N) is 1. The third kappa shape index (κ3) is 8.89. The van der Waals surface area contributed by atoms with Gasteiger partial charge < -0.3 is 36.9 Å². The number of carbonyl (C=O) groups is 4. The maximum absolute atomic E-state index is 13.6. The van der Waals surface area contributed by atoms with E-state index in [1.165, 1.54) is 6.92 Å². The highest BCUT2D eigenvalue weighted by Crippen LogP contribution is 2.19. The monoisotopic (exact) mass is 565 g/mol. The Balaban J connectivity index is 1.90. The number of para-hydroxylation sites is 1. The normalized spacial score (nSPS) is 15.0. The van der Waals surface area contributed by atoms with Crippen LogP contribution < -0.4 is 21.7 Å². The largest absolute Gasteiger partial charge is 0.480 e. The molecule has 0 radical (unpaired) electrons. The number of H-pyrrole nitrogens is 1. The fraction of sp³-hybridized carbons (Fsp3) is 0.400. The summed E-state index contributed by atoms with van der Waals surface area (Å²) in [7, 11) is 0. The Morgan fingerprint density at radius 3 is 1.98 bits per heavy atom. The van der Waals surface area contributed by atoms with Gasteiger partial charge in [-0.05, 0) is 36.5 Å². The molecule has 1 heterocycles. The molecule has 5 unspecified atom stereocenters. The number of fused-ring (bicyclic) bond motifs is 1. The second-order valence-corrected chi connectivity index (χ2v) is 10.7. The van der Waals surface area contributed by atoms with Crippen LogP contribution in [0.2, 0.25) is 0 Å². The quantitative estimate of drug-likeness (QED) is 0.153. The molecule has 0 spiro atoms. The van der Waals surface area contributed by atoms with E-state index < -0.39 is 54.0 Å². The van der Waals surface area contributed by atoms with Gasteiger partial charge in [-0.2, -0.15) is 0 Å². The Bertz CT molecular complexity index is 1340. The predicted molar refractivity (Wildman–Crippen MR) is 155 cm³/mol. The van der Waals surface area contributed by atoms with Crippen LogP contribution in [0, 0.1) is 5.92 Å². The van der Waals surface area contributed by atoms with Crippen molar-refractivity contribution < 1.29 is 29.4 Å². The summed E-state index contributed by atoms with van der Waals surface area (Å²) >= 11 is 0. The first-order valence-electron chi connectivity index (χ1n) is 13.6. The lowest BCUT2D eigenvalue weighted by Crippen LogP contribution is -2.59. The lowest BCUT2D eigenvalue weighted by Gasteiger charge is -2.26. The number of aliphatic hydroxyl groups is 1. The molecular weight excluding hydrogens is 526 g/mol. The maximum atomic E-state index is 13.6. The van der Waals surface area contributed by atoms with Crippen LogP contribution in [0.4, 0.5) is 0 Å². The minimum atomic E-state index is -1.27.